The zero-order valence-electron chi connectivity index (χ0n) is 10.1. The molecule has 1 aliphatic rings. The Hall–Kier alpha value is -0.590. The van der Waals surface area contributed by atoms with E-state index in [1.807, 2.05) is 0 Å². The Kier molecular flexibility index (Phi) is 8.10. The fraction of sp³-hybridized carbons (Fsp3) is 0.923. The van der Waals surface area contributed by atoms with Crippen molar-refractivity contribution in [3.05, 3.63) is 0 Å². The van der Waals surface area contributed by atoms with Crippen LogP contribution in [0.4, 0.5) is 0 Å². The molecule has 16 heavy (non-hydrogen) atoms. The van der Waals surface area contributed by atoms with Crippen LogP contribution in [0.15, 0.2) is 0 Å². The van der Waals surface area contributed by atoms with Crippen molar-refractivity contribution < 1.29 is 9.47 Å². The van der Waals surface area contributed by atoms with Gasteiger partial charge in [0.05, 0.1) is 25.2 Å². The molecule has 1 atom stereocenters. The van der Waals surface area contributed by atoms with Gasteiger partial charge in [0.15, 0.2) is 0 Å². The third kappa shape index (κ3) is 6.81. The maximum atomic E-state index is 8.31. The summed E-state index contributed by atoms with van der Waals surface area (Å²) in [5.41, 5.74) is 0. The van der Waals surface area contributed by atoms with Crippen LogP contribution in [0.2, 0.25) is 0 Å². The Morgan fingerprint density at radius 3 is 2.88 bits per heavy atom. The monoisotopic (exact) mass is 225 g/mol. The van der Waals surface area contributed by atoms with E-state index in [-0.39, 0.29) is 0 Å². The van der Waals surface area contributed by atoms with E-state index in [1.54, 1.807) is 0 Å². The lowest BCUT2D eigenvalue weighted by Gasteiger charge is -2.22. The Bertz CT molecular complexity index is 195. The second-order valence-electron chi connectivity index (χ2n) is 4.36. The molecule has 0 spiro atoms. The maximum absolute atomic E-state index is 8.31. The number of hydrogen-bond donors (Lipinski definition) is 0. The van der Waals surface area contributed by atoms with Crippen molar-refractivity contribution >= 4 is 0 Å². The molecule has 0 N–H and O–H groups in total. The Morgan fingerprint density at radius 1 is 1.19 bits per heavy atom. The largest absolute Gasteiger partial charge is 0.380 e. The van der Waals surface area contributed by atoms with Crippen LogP contribution in [-0.4, -0.2) is 25.9 Å². The van der Waals surface area contributed by atoms with Crippen molar-refractivity contribution in [2.75, 3.05) is 19.8 Å². The molecule has 1 fully saturated rings. The molecule has 1 aliphatic heterocycles. The van der Waals surface area contributed by atoms with E-state index in [2.05, 4.69) is 6.07 Å². The van der Waals surface area contributed by atoms with Gasteiger partial charge >= 0.3 is 0 Å². The van der Waals surface area contributed by atoms with E-state index in [9.17, 15) is 0 Å². The van der Waals surface area contributed by atoms with Gasteiger partial charge in [0.2, 0.25) is 0 Å². The second-order valence-corrected chi connectivity index (χ2v) is 4.36. The summed E-state index contributed by atoms with van der Waals surface area (Å²) in [5.74, 6) is 0. The lowest BCUT2D eigenvalue weighted by molar-refractivity contribution is 0.00942. The molecular weight excluding hydrogens is 202 g/mol. The van der Waals surface area contributed by atoms with Crippen molar-refractivity contribution in [1.82, 2.24) is 0 Å². The number of rotatable bonds is 8. The molecule has 0 bridgehead atoms. The minimum Gasteiger partial charge on any atom is -0.380 e. The number of hydrogen-bond acceptors (Lipinski definition) is 3. The van der Waals surface area contributed by atoms with Gasteiger partial charge in [0.25, 0.3) is 0 Å². The molecule has 0 aromatic rings. The van der Waals surface area contributed by atoms with Crippen molar-refractivity contribution in [3.8, 4) is 6.07 Å². The molecule has 0 aromatic carbocycles. The number of nitrogens with zero attached hydrogens (tertiary/aromatic N) is 1. The zero-order chi connectivity index (χ0) is 11.5. The summed E-state index contributed by atoms with van der Waals surface area (Å²) in [6.07, 6.45) is 9.63. The average Bonchev–Trinajstić information content (AvgIpc) is 2.34. The SMILES string of the molecule is N#CCCOCCCCCC1CCCCO1. The molecule has 0 aromatic heterocycles. The second kappa shape index (κ2) is 9.62. The van der Waals surface area contributed by atoms with Gasteiger partial charge in [-0.25, -0.2) is 0 Å². The van der Waals surface area contributed by atoms with Crippen LogP contribution in [0.1, 0.15) is 51.4 Å². The van der Waals surface area contributed by atoms with Crippen LogP contribution >= 0.6 is 0 Å². The topological polar surface area (TPSA) is 42.2 Å². The molecule has 3 nitrogen and oxygen atoms in total. The van der Waals surface area contributed by atoms with Crippen LogP contribution in [0.5, 0.6) is 0 Å². The van der Waals surface area contributed by atoms with Crippen LogP contribution in [0.25, 0.3) is 0 Å². The molecule has 0 amide bonds. The van der Waals surface area contributed by atoms with Gasteiger partial charge in [-0.2, -0.15) is 5.26 Å². The van der Waals surface area contributed by atoms with Gasteiger partial charge in [-0.05, 0) is 32.1 Å². The minimum atomic E-state index is 0.510. The number of ether oxygens (including phenoxy) is 2. The van der Waals surface area contributed by atoms with Crippen LogP contribution in [0, 0.1) is 11.3 Å². The zero-order valence-corrected chi connectivity index (χ0v) is 10.1. The first-order valence-corrected chi connectivity index (χ1v) is 6.50. The van der Waals surface area contributed by atoms with Gasteiger partial charge in [-0.1, -0.05) is 12.8 Å². The predicted molar refractivity (Wildman–Crippen MR) is 63.1 cm³/mol. The van der Waals surface area contributed by atoms with Gasteiger partial charge in [0, 0.05) is 13.2 Å². The summed E-state index contributed by atoms with van der Waals surface area (Å²) in [5, 5.41) is 8.31. The van der Waals surface area contributed by atoms with Gasteiger partial charge in [-0.15, -0.1) is 0 Å². The highest BCUT2D eigenvalue weighted by Gasteiger charge is 2.12. The summed E-state index contributed by atoms with van der Waals surface area (Å²) in [4.78, 5) is 0. The van der Waals surface area contributed by atoms with Crippen molar-refractivity contribution in [3.63, 3.8) is 0 Å². The van der Waals surface area contributed by atoms with Gasteiger partial charge in [0.1, 0.15) is 0 Å². The normalized spacial score (nSPS) is 20.6. The van der Waals surface area contributed by atoms with Crippen LogP contribution < -0.4 is 0 Å². The van der Waals surface area contributed by atoms with Gasteiger partial charge < -0.3 is 9.47 Å². The number of unbranched alkanes of at least 4 members (excludes halogenated alkanes) is 2. The highest BCUT2D eigenvalue weighted by molar-refractivity contribution is 4.67. The molecule has 92 valence electrons. The molecule has 1 heterocycles. The quantitative estimate of drug-likeness (QED) is 0.596. The van der Waals surface area contributed by atoms with E-state index in [1.165, 1.54) is 38.5 Å². The van der Waals surface area contributed by atoms with E-state index >= 15 is 0 Å². The molecule has 0 saturated carbocycles. The first-order valence-electron chi connectivity index (χ1n) is 6.50. The van der Waals surface area contributed by atoms with Crippen molar-refractivity contribution in [2.24, 2.45) is 0 Å². The predicted octanol–water partition coefficient (Wildman–Crippen LogP) is 3.05. The summed E-state index contributed by atoms with van der Waals surface area (Å²) >= 11 is 0. The maximum Gasteiger partial charge on any atom is 0.0645 e. The van der Waals surface area contributed by atoms with Crippen molar-refractivity contribution in [2.45, 2.75) is 57.5 Å². The van der Waals surface area contributed by atoms with E-state index < -0.39 is 0 Å². The molecule has 0 aliphatic carbocycles. The summed E-state index contributed by atoms with van der Waals surface area (Å²) in [7, 11) is 0. The standard InChI is InChI=1S/C13H23NO2/c14-9-6-11-15-10-4-1-2-7-13-8-3-5-12-16-13/h13H,1-8,10-12H2. The smallest absolute Gasteiger partial charge is 0.0645 e. The van der Waals surface area contributed by atoms with Gasteiger partial charge in [-0.3, -0.25) is 0 Å². The van der Waals surface area contributed by atoms with E-state index in [0.717, 1.165) is 19.6 Å². The fourth-order valence-corrected chi connectivity index (χ4v) is 2.01. The minimum absolute atomic E-state index is 0.510. The molecule has 0 radical (unpaired) electrons. The highest BCUT2D eigenvalue weighted by atomic mass is 16.5. The first kappa shape index (κ1) is 13.5. The lowest BCUT2D eigenvalue weighted by atomic mass is 10.0. The molecule has 1 saturated heterocycles. The Balaban J connectivity index is 1.79. The first-order chi connectivity index (χ1) is 7.93. The third-order valence-corrected chi connectivity index (χ3v) is 2.95. The van der Waals surface area contributed by atoms with Crippen LogP contribution in [0.3, 0.4) is 0 Å². The van der Waals surface area contributed by atoms with E-state index in [0.29, 0.717) is 19.1 Å². The summed E-state index contributed by atoms with van der Waals surface area (Å²) in [6, 6.07) is 2.07. The lowest BCUT2D eigenvalue weighted by Crippen LogP contribution is -2.18. The van der Waals surface area contributed by atoms with Crippen molar-refractivity contribution in [1.29, 1.82) is 5.26 Å². The Labute approximate surface area is 98.7 Å². The average molecular weight is 225 g/mol. The molecule has 1 rings (SSSR count). The molecule has 3 heteroatoms. The fourth-order valence-electron chi connectivity index (χ4n) is 2.01. The highest BCUT2D eigenvalue weighted by Crippen LogP contribution is 2.18. The molecular formula is C13H23NO2. The number of nitriles is 1. The third-order valence-electron chi connectivity index (χ3n) is 2.95. The molecule has 1 unspecified atom stereocenters. The Morgan fingerprint density at radius 2 is 2.12 bits per heavy atom. The summed E-state index contributed by atoms with van der Waals surface area (Å²) < 4.78 is 11.0. The van der Waals surface area contributed by atoms with Crippen LogP contribution in [-0.2, 0) is 9.47 Å². The summed E-state index contributed by atoms with van der Waals surface area (Å²) in [6.45, 7) is 2.34. The van der Waals surface area contributed by atoms with E-state index in [4.69, 9.17) is 14.7 Å².